The molecular formula is C12H17N. The first kappa shape index (κ1) is 11.6. The van der Waals surface area contributed by atoms with Crippen LogP contribution in [0, 0.1) is 11.8 Å². The van der Waals surface area contributed by atoms with Crippen molar-refractivity contribution in [3.8, 4) is 11.8 Å². The molecule has 13 heavy (non-hydrogen) atoms. The highest BCUT2D eigenvalue weighted by Gasteiger charge is 1.89. The third-order valence-corrected chi connectivity index (χ3v) is 1.62. The summed E-state index contributed by atoms with van der Waals surface area (Å²) in [6.07, 6.45) is 4.55. The van der Waals surface area contributed by atoms with Crippen LogP contribution in [-0.2, 0) is 0 Å². The average molecular weight is 175 g/mol. The number of hydrogen-bond donors (Lipinski definition) is 1. The molecule has 0 unspecified atom stereocenters. The summed E-state index contributed by atoms with van der Waals surface area (Å²) in [5, 5.41) is 0. The van der Waals surface area contributed by atoms with Gasteiger partial charge in [-0.15, -0.1) is 0 Å². The van der Waals surface area contributed by atoms with Gasteiger partial charge in [-0.05, 0) is 25.5 Å². The molecule has 70 valence electrons. The zero-order valence-electron chi connectivity index (χ0n) is 8.65. The molecule has 0 saturated heterocycles. The summed E-state index contributed by atoms with van der Waals surface area (Å²) in [6, 6.07) is 0. The van der Waals surface area contributed by atoms with E-state index in [0.29, 0.717) is 0 Å². The van der Waals surface area contributed by atoms with Gasteiger partial charge in [0.2, 0.25) is 0 Å². The van der Waals surface area contributed by atoms with E-state index in [-0.39, 0.29) is 0 Å². The summed E-state index contributed by atoms with van der Waals surface area (Å²) >= 11 is 0. The Balaban J connectivity index is 4.78. The predicted octanol–water partition coefficient (Wildman–Crippen LogP) is 2.76. The lowest BCUT2D eigenvalue weighted by Gasteiger charge is -1.96. The number of allylic oxidation sites excluding steroid dienone is 5. The van der Waals surface area contributed by atoms with Crippen LogP contribution in [0.2, 0.25) is 0 Å². The van der Waals surface area contributed by atoms with Crippen molar-refractivity contribution in [1.82, 2.24) is 0 Å². The Hall–Kier alpha value is -1.42. The van der Waals surface area contributed by atoms with E-state index in [0.717, 1.165) is 23.3 Å². The van der Waals surface area contributed by atoms with Crippen LogP contribution in [-0.4, -0.2) is 0 Å². The number of nitrogens with two attached hydrogens (primary N) is 1. The number of hydrogen-bond acceptors (Lipinski definition) is 1. The van der Waals surface area contributed by atoms with Crippen LogP contribution in [0.3, 0.4) is 0 Å². The molecule has 0 radical (unpaired) electrons. The maximum absolute atomic E-state index is 5.62. The Kier molecular flexibility index (Phi) is 5.47. The molecule has 0 aromatic heterocycles. The molecule has 0 bridgehead atoms. The second-order valence-electron chi connectivity index (χ2n) is 2.83. The van der Waals surface area contributed by atoms with Crippen LogP contribution in [0.15, 0.2) is 35.6 Å². The van der Waals surface area contributed by atoms with Crippen molar-refractivity contribution in [3.05, 3.63) is 35.6 Å². The number of rotatable bonds is 2. The van der Waals surface area contributed by atoms with Gasteiger partial charge >= 0.3 is 0 Å². The molecule has 0 aromatic rings. The second kappa shape index (κ2) is 6.14. The first-order chi connectivity index (χ1) is 6.11. The van der Waals surface area contributed by atoms with E-state index >= 15 is 0 Å². The van der Waals surface area contributed by atoms with Crippen LogP contribution in [0.4, 0.5) is 0 Å². The quantitative estimate of drug-likeness (QED) is 0.507. The Morgan fingerprint density at radius 2 is 2.08 bits per heavy atom. The van der Waals surface area contributed by atoms with E-state index in [2.05, 4.69) is 18.4 Å². The normalized spacial score (nSPS) is 12.7. The van der Waals surface area contributed by atoms with Gasteiger partial charge in [0.15, 0.2) is 0 Å². The highest BCUT2D eigenvalue weighted by molar-refractivity contribution is 5.42. The van der Waals surface area contributed by atoms with Crippen LogP contribution < -0.4 is 5.73 Å². The molecule has 0 spiro atoms. The van der Waals surface area contributed by atoms with E-state index in [1.165, 1.54) is 0 Å². The standard InChI is InChI=1S/C12H17N/c1-5-7-8-12(6-2)9-10(3)11(4)13/h6,9H,2,5,13H2,1,3-4H3/b11-10-,12-9+. The fraction of sp³-hybridized carbons (Fsp3) is 0.333. The lowest BCUT2D eigenvalue weighted by atomic mass is 10.1. The molecule has 0 fully saturated rings. The van der Waals surface area contributed by atoms with Crippen molar-refractivity contribution in [2.45, 2.75) is 27.2 Å². The third-order valence-electron chi connectivity index (χ3n) is 1.62. The van der Waals surface area contributed by atoms with Gasteiger partial charge in [-0.2, -0.15) is 0 Å². The summed E-state index contributed by atoms with van der Waals surface area (Å²) in [4.78, 5) is 0. The first-order valence-corrected chi connectivity index (χ1v) is 4.37. The molecule has 0 saturated carbocycles. The van der Waals surface area contributed by atoms with Crippen molar-refractivity contribution in [3.63, 3.8) is 0 Å². The van der Waals surface area contributed by atoms with E-state index in [4.69, 9.17) is 5.73 Å². The third kappa shape index (κ3) is 4.92. The molecule has 0 atom stereocenters. The van der Waals surface area contributed by atoms with Gasteiger partial charge < -0.3 is 5.73 Å². The lowest BCUT2D eigenvalue weighted by molar-refractivity contribution is 1.23. The van der Waals surface area contributed by atoms with Crippen LogP contribution in [0.5, 0.6) is 0 Å². The molecular weight excluding hydrogens is 158 g/mol. The Labute approximate surface area is 81.0 Å². The zero-order chi connectivity index (χ0) is 10.3. The molecule has 0 rings (SSSR count). The van der Waals surface area contributed by atoms with Gasteiger partial charge in [-0.1, -0.05) is 31.4 Å². The molecule has 0 aliphatic carbocycles. The summed E-state index contributed by atoms with van der Waals surface area (Å²) in [5.74, 6) is 6.00. The molecule has 2 N–H and O–H groups in total. The molecule has 0 aliphatic heterocycles. The lowest BCUT2D eigenvalue weighted by Crippen LogP contribution is -1.93. The van der Waals surface area contributed by atoms with Gasteiger partial charge in [0.05, 0.1) is 0 Å². The molecule has 1 heteroatoms. The van der Waals surface area contributed by atoms with Crippen molar-refractivity contribution in [2.24, 2.45) is 5.73 Å². The minimum absolute atomic E-state index is 0.817. The van der Waals surface area contributed by atoms with Gasteiger partial charge in [-0.3, -0.25) is 0 Å². The zero-order valence-corrected chi connectivity index (χ0v) is 8.65. The van der Waals surface area contributed by atoms with E-state index < -0.39 is 0 Å². The van der Waals surface area contributed by atoms with Gasteiger partial charge in [-0.25, -0.2) is 0 Å². The molecule has 1 nitrogen and oxygen atoms in total. The molecule has 0 heterocycles. The van der Waals surface area contributed by atoms with Crippen molar-refractivity contribution < 1.29 is 0 Å². The van der Waals surface area contributed by atoms with Gasteiger partial charge in [0.1, 0.15) is 0 Å². The highest BCUT2D eigenvalue weighted by atomic mass is 14.5. The Morgan fingerprint density at radius 1 is 1.46 bits per heavy atom. The maximum atomic E-state index is 5.62. The SMILES string of the molecule is C=C/C(C#CCC)=C\C(C)=C(\C)N. The van der Waals surface area contributed by atoms with Crippen LogP contribution in [0.25, 0.3) is 0 Å². The Bertz CT molecular complexity index is 291. The van der Waals surface area contributed by atoms with E-state index in [9.17, 15) is 0 Å². The van der Waals surface area contributed by atoms with Crippen LogP contribution >= 0.6 is 0 Å². The summed E-state index contributed by atoms with van der Waals surface area (Å²) < 4.78 is 0. The van der Waals surface area contributed by atoms with Crippen molar-refractivity contribution >= 4 is 0 Å². The molecule has 0 aliphatic rings. The Morgan fingerprint density at radius 3 is 2.46 bits per heavy atom. The average Bonchev–Trinajstić information content (AvgIpc) is 2.11. The maximum Gasteiger partial charge on any atom is 0.0242 e. The summed E-state index contributed by atoms with van der Waals surface area (Å²) in [6.45, 7) is 9.55. The van der Waals surface area contributed by atoms with Crippen LogP contribution in [0.1, 0.15) is 27.2 Å². The fourth-order valence-corrected chi connectivity index (χ4v) is 0.684. The minimum atomic E-state index is 0.817. The summed E-state index contributed by atoms with van der Waals surface area (Å²) in [5.41, 5.74) is 8.40. The van der Waals surface area contributed by atoms with E-state index in [1.807, 2.05) is 26.8 Å². The molecule has 0 aromatic carbocycles. The fourth-order valence-electron chi connectivity index (χ4n) is 0.684. The highest BCUT2D eigenvalue weighted by Crippen LogP contribution is 2.04. The second-order valence-corrected chi connectivity index (χ2v) is 2.83. The van der Waals surface area contributed by atoms with Gasteiger partial charge in [0.25, 0.3) is 0 Å². The summed E-state index contributed by atoms with van der Waals surface area (Å²) in [7, 11) is 0. The van der Waals surface area contributed by atoms with E-state index in [1.54, 1.807) is 6.08 Å². The molecule has 0 amide bonds. The predicted molar refractivity (Wildman–Crippen MR) is 58.9 cm³/mol. The largest absolute Gasteiger partial charge is 0.402 e. The van der Waals surface area contributed by atoms with Crippen molar-refractivity contribution in [2.75, 3.05) is 0 Å². The monoisotopic (exact) mass is 175 g/mol. The minimum Gasteiger partial charge on any atom is -0.402 e. The van der Waals surface area contributed by atoms with Crippen molar-refractivity contribution in [1.29, 1.82) is 0 Å². The van der Waals surface area contributed by atoms with Gasteiger partial charge in [0, 0.05) is 17.7 Å². The topological polar surface area (TPSA) is 26.0 Å². The smallest absolute Gasteiger partial charge is 0.0242 e. The first-order valence-electron chi connectivity index (χ1n) is 4.37.